The Morgan fingerprint density at radius 2 is 1.04 bits per heavy atom. The van der Waals surface area contributed by atoms with Crippen LogP contribution in [-0.4, -0.2) is 11.8 Å². The molecule has 0 fully saturated rings. The Bertz CT molecular complexity index is 2500. The van der Waals surface area contributed by atoms with Crippen LogP contribution >= 0.6 is 0 Å². The second-order valence-electron chi connectivity index (χ2n) is 13.8. The monoisotopic (exact) mass is 688 g/mol. The highest BCUT2D eigenvalue weighted by Gasteiger charge is 2.52. The summed E-state index contributed by atoms with van der Waals surface area (Å²) in [7, 11) is 0. The molecule has 9 rings (SSSR count). The highest BCUT2D eigenvalue weighted by atomic mass is 16.2. The predicted octanol–water partition coefficient (Wildman–Crippen LogP) is 9.84. The molecule has 0 heterocycles. The zero-order valence-electron chi connectivity index (χ0n) is 28.8. The maximum absolute atomic E-state index is 13.6. The van der Waals surface area contributed by atoms with Gasteiger partial charge < -0.3 is 22.1 Å². The Morgan fingerprint density at radius 1 is 0.528 bits per heavy atom. The number of hydrogen-bond donors (Lipinski definition) is 4. The molecule has 6 heteroatoms. The zero-order valence-corrected chi connectivity index (χ0v) is 28.8. The lowest BCUT2D eigenvalue weighted by Gasteiger charge is -2.39. The number of benzene rings is 7. The van der Waals surface area contributed by atoms with Crippen molar-refractivity contribution in [3.63, 3.8) is 0 Å². The van der Waals surface area contributed by atoms with E-state index in [0.717, 1.165) is 32.7 Å². The molecule has 6 nitrogen and oxygen atoms in total. The third-order valence-corrected chi connectivity index (χ3v) is 10.9. The molecule has 256 valence electrons. The molecule has 7 aromatic carbocycles. The van der Waals surface area contributed by atoms with Crippen LogP contribution in [0.4, 0.5) is 22.7 Å². The van der Waals surface area contributed by atoms with E-state index in [-0.39, 0.29) is 23.7 Å². The quantitative estimate of drug-likeness (QED) is 0.130. The molecule has 2 unspecified atom stereocenters. The molecular formula is C47H36N4O2. The first-order valence-electron chi connectivity index (χ1n) is 17.7. The van der Waals surface area contributed by atoms with Gasteiger partial charge in [-0.2, -0.15) is 0 Å². The molecule has 0 bridgehead atoms. The Labute approximate surface area is 307 Å². The van der Waals surface area contributed by atoms with Crippen molar-refractivity contribution in [2.75, 3.05) is 22.1 Å². The Morgan fingerprint density at radius 3 is 1.58 bits per heavy atom. The molecule has 2 aliphatic rings. The minimum atomic E-state index is -0.571. The summed E-state index contributed by atoms with van der Waals surface area (Å²) in [5.74, 6) is -0.151. The molecular weight excluding hydrogens is 653 g/mol. The van der Waals surface area contributed by atoms with E-state index in [1.807, 2.05) is 97.1 Å². The van der Waals surface area contributed by atoms with Gasteiger partial charge in [0.15, 0.2) is 0 Å². The van der Waals surface area contributed by atoms with Crippen molar-refractivity contribution in [1.82, 2.24) is 0 Å². The van der Waals surface area contributed by atoms with Crippen molar-refractivity contribution < 1.29 is 9.59 Å². The van der Waals surface area contributed by atoms with E-state index >= 15 is 0 Å². The highest BCUT2D eigenvalue weighted by molar-refractivity contribution is 6.07. The minimum Gasteiger partial charge on any atom is -0.398 e. The van der Waals surface area contributed by atoms with Crippen molar-refractivity contribution in [1.29, 1.82) is 0 Å². The van der Waals surface area contributed by atoms with E-state index < -0.39 is 5.41 Å². The van der Waals surface area contributed by atoms with Crippen LogP contribution < -0.4 is 22.1 Å². The summed E-state index contributed by atoms with van der Waals surface area (Å²) in [5, 5.41) is 9.94. The van der Waals surface area contributed by atoms with Gasteiger partial charge >= 0.3 is 0 Å². The van der Waals surface area contributed by atoms with Crippen LogP contribution in [0.5, 0.6) is 0 Å². The summed E-state index contributed by atoms with van der Waals surface area (Å²) in [4.78, 5) is 27.1. The largest absolute Gasteiger partial charge is 0.398 e. The maximum Gasteiger partial charge on any atom is 0.255 e. The maximum atomic E-state index is 13.6. The van der Waals surface area contributed by atoms with Gasteiger partial charge in [-0.15, -0.1) is 0 Å². The molecule has 0 saturated carbocycles. The zero-order chi connectivity index (χ0) is 36.1. The van der Waals surface area contributed by atoms with Gasteiger partial charge in [0.2, 0.25) is 0 Å². The van der Waals surface area contributed by atoms with Gasteiger partial charge in [0, 0.05) is 56.5 Å². The van der Waals surface area contributed by atoms with E-state index in [1.165, 1.54) is 11.1 Å². The van der Waals surface area contributed by atoms with E-state index in [1.54, 1.807) is 0 Å². The molecule has 2 amide bonds. The summed E-state index contributed by atoms with van der Waals surface area (Å²) in [6, 6.07) is 47.6. The van der Waals surface area contributed by atoms with Crippen molar-refractivity contribution in [3.05, 3.63) is 203 Å². The van der Waals surface area contributed by atoms with E-state index in [0.29, 0.717) is 33.9 Å². The summed E-state index contributed by atoms with van der Waals surface area (Å²) in [6.45, 7) is 0. The number of amides is 2. The lowest BCUT2D eigenvalue weighted by Crippen LogP contribution is -2.35. The number of rotatable bonds is 6. The van der Waals surface area contributed by atoms with Gasteiger partial charge in [0.25, 0.3) is 11.8 Å². The second kappa shape index (κ2) is 12.7. The first-order chi connectivity index (χ1) is 25.9. The van der Waals surface area contributed by atoms with Crippen molar-refractivity contribution in [2.24, 2.45) is 5.92 Å². The van der Waals surface area contributed by atoms with Crippen LogP contribution in [0.1, 0.15) is 48.9 Å². The van der Waals surface area contributed by atoms with Crippen LogP contribution in [0.2, 0.25) is 0 Å². The van der Waals surface area contributed by atoms with Gasteiger partial charge in [-0.25, -0.2) is 0 Å². The predicted molar refractivity (Wildman–Crippen MR) is 216 cm³/mol. The number of nitrogen functional groups attached to an aromatic ring is 2. The third-order valence-electron chi connectivity index (χ3n) is 10.9. The number of allylic oxidation sites excluding steroid dienone is 4. The van der Waals surface area contributed by atoms with Crippen LogP contribution in [-0.2, 0) is 5.41 Å². The normalized spacial score (nSPS) is 16.6. The summed E-state index contributed by atoms with van der Waals surface area (Å²) >= 11 is 0. The average Bonchev–Trinajstić information content (AvgIpc) is 3.50. The number of fused-ring (bicyclic) bond motifs is 5. The van der Waals surface area contributed by atoms with Gasteiger partial charge in [0.1, 0.15) is 0 Å². The summed E-state index contributed by atoms with van der Waals surface area (Å²) in [6.07, 6.45) is 8.82. The summed E-state index contributed by atoms with van der Waals surface area (Å²) < 4.78 is 0. The van der Waals surface area contributed by atoms with E-state index in [2.05, 4.69) is 83.5 Å². The fourth-order valence-electron chi connectivity index (χ4n) is 8.43. The number of nitrogens with two attached hydrogens (primary N) is 2. The van der Waals surface area contributed by atoms with E-state index in [4.69, 9.17) is 11.5 Å². The molecule has 6 N–H and O–H groups in total. The van der Waals surface area contributed by atoms with Crippen LogP contribution in [0.15, 0.2) is 170 Å². The van der Waals surface area contributed by atoms with Gasteiger partial charge in [-0.1, -0.05) is 109 Å². The van der Waals surface area contributed by atoms with Gasteiger partial charge in [-0.05, 0) is 93.7 Å². The number of anilines is 4. The topological polar surface area (TPSA) is 110 Å². The molecule has 0 aromatic heterocycles. The number of carbonyl (C=O) groups excluding carboxylic acids is 2. The van der Waals surface area contributed by atoms with Crippen LogP contribution in [0.3, 0.4) is 0 Å². The SMILES string of the molecule is Nc1cccc2ccc(NC(=O)c3ccc(C4(c5ccc(C(=O)Nc6ccc7cccc(N)c7c6)cc5)c5ccccc5C5C=CC=CC54)cc3)cc12. The molecule has 2 atom stereocenters. The second-order valence-corrected chi connectivity index (χ2v) is 13.8. The number of carbonyl (C=O) groups is 2. The smallest absolute Gasteiger partial charge is 0.255 e. The third kappa shape index (κ3) is 5.35. The van der Waals surface area contributed by atoms with Crippen molar-refractivity contribution in [2.45, 2.75) is 11.3 Å². The molecule has 53 heavy (non-hydrogen) atoms. The fraction of sp³-hybridized carbons (Fsp3) is 0.0638. The minimum absolute atomic E-state index is 0.0790. The Kier molecular flexibility index (Phi) is 7.67. The molecule has 0 spiro atoms. The molecule has 7 aromatic rings. The first-order valence-corrected chi connectivity index (χ1v) is 17.7. The van der Waals surface area contributed by atoms with Crippen molar-refractivity contribution >= 4 is 56.1 Å². The number of nitrogens with one attached hydrogen (secondary N) is 2. The average molecular weight is 689 g/mol. The molecule has 2 aliphatic carbocycles. The van der Waals surface area contributed by atoms with E-state index in [9.17, 15) is 9.59 Å². The first kappa shape index (κ1) is 32.0. The van der Waals surface area contributed by atoms with Gasteiger partial charge in [-0.3, -0.25) is 9.59 Å². The molecule has 0 saturated heterocycles. The Hall–Kier alpha value is -6.92. The Balaban J connectivity index is 1.06. The van der Waals surface area contributed by atoms with Crippen LogP contribution in [0.25, 0.3) is 21.5 Å². The fourth-order valence-corrected chi connectivity index (χ4v) is 8.43. The molecule has 0 radical (unpaired) electrons. The lowest BCUT2D eigenvalue weighted by atomic mass is 9.63. The summed E-state index contributed by atoms with van der Waals surface area (Å²) in [5.41, 5.74) is 20.3. The van der Waals surface area contributed by atoms with Gasteiger partial charge in [0.05, 0.1) is 5.41 Å². The molecule has 0 aliphatic heterocycles. The van der Waals surface area contributed by atoms with Crippen molar-refractivity contribution in [3.8, 4) is 0 Å². The van der Waals surface area contributed by atoms with Crippen LogP contribution in [0, 0.1) is 5.92 Å². The standard InChI is InChI=1S/C47H36N4O2/c48-43-13-5-7-29-19-25-35(27-39(29)43)50-45(52)31-15-21-33(22-16-31)47(41-11-3-1-9-37(41)38-10-2-4-12-42(38)47)34-23-17-32(18-24-34)46(53)51-36-26-20-30-8-6-14-44(49)40(30)28-36/h1-28,37,41H,48-49H2,(H,50,52)(H,51,53). The lowest BCUT2D eigenvalue weighted by molar-refractivity contribution is 0.101. The number of hydrogen-bond acceptors (Lipinski definition) is 4. The highest BCUT2D eigenvalue weighted by Crippen LogP contribution is 2.59.